The molecule has 6 aromatic carbocycles. The zero-order valence-corrected chi connectivity index (χ0v) is 36.8. The van der Waals surface area contributed by atoms with Gasteiger partial charge in [0.25, 0.3) is 0 Å². The van der Waals surface area contributed by atoms with E-state index in [0.29, 0.717) is 22.3 Å². The lowest BCUT2D eigenvalue weighted by atomic mass is 9.84. The molecular weight excluding hydrogens is 858 g/mol. The van der Waals surface area contributed by atoms with Gasteiger partial charge < -0.3 is 24.4 Å². The van der Waals surface area contributed by atoms with Crippen LogP contribution in [0.2, 0.25) is 0 Å². The van der Waals surface area contributed by atoms with E-state index in [1.807, 2.05) is 84.9 Å². The second kappa shape index (κ2) is 24.0. The Hall–Kier alpha value is -4.66. The lowest BCUT2D eigenvalue weighted by Gasteiger charge is -2.47. The first-order valence-electron chi connectivity index (χ1n) is 20.8. The van der Waals surface area contributed by atoms with E-state index in [1.165, 1.54) is 0 Å². The highest BCUT2D eigenvalue weighted by Gasteiger charge is 2.57. The molecule has 0 saturated heterocycles. The average molecular weight is 911 g/mol. The maximum absolute atomic E-state index is 15.0. The molecule has 0 aliphatic heterocycles. The fourth-order valence-corrected chi connectivity index (χ4v) is 9.53. The van der Waals surface area contributed by atoms with E-state index >= 15 is 4.57 Å². The van der Waals surface area contributed by atoms with Crippen molar-refractivity contribution in [3.8, 4) is 0 Å². The highest BCUT2D eigenvalue weighted by Crippen LogP contribution is 2.57. The van der Waals surface area contributed by atoms with Crippen molar-refractivity contribution in [1.29, 1.82) is 0 Å². The second-order valence-electron chi connectivity index (χ2n) is 14.9. The molecule has 336 valence electrons. The molecule has 0 unspecified atom stereocenters. The third-order valence-corrected chi connectivity index (χ3v) is 12.9. The molecule has 64 heavy (non-hydrogen) atoms. The van der Waals surface area contributed by atoms with E-state index in [1.54, 1.807) is 97.1 Å². The summed E-state index contributed by atoms with van der Waals surface area (Å²) in [6.45, 7) is -1.09. The lowest BCUT2D eigenvalue weighted by molar-refractivity contribution is -0.260. The molecule has 0 spiro atoms. The summed E-state index contributed by atoms with van der Waals surface area (Å²) in [5.41, 5.74) is 4.23. The Bertz CT molecular complexity index is 2240. The van der Waals surface area contributed by atoms with Gasteiger partial charge in [0.2, 0.25) is 0 Å². The van der Waals surface area contributed by atoms with Gasteiger partial charge in [0.05, 0.1) is 39.6 Å². The minimum Gasteiger partial charge on any atom is -0.387 e. The zero-order chi connectivity index (χ0) is 44.5. The van der Waals surface area contributed by atoms with Crippen molar-refractivity contribution in [2.45, 2.75) is 76.3 Å². The lowest BCUT2D eigenvalue weighted by Crippen LogP contribution is -2.66. The number of ether oxygens (including phenoxy) is 3. The van der Waals surface area contributed by atoms with Gasteiger partial charge in [-0.2, -0.15) is 0 Å². The van der Waals surface area contributed by atoms with Crippen LogP contribution in [-0.2, 0) is 90.1 Å². The van der Waals surface area contributed by atoms with Crippen LogP contribution >= 0.6 is 15.6 Å². The number of hydrogen-bond donors (Lipinski definition) is 2. The third kappa shape index (κ3) is 14.2. The van der Waals surface area contributed by atoms with Gasteiger partial charge in [-0.25, -0.2) is 9.13 Å². The van der Waals surface area contributed by atoms with Gasteiger partial charge in [-0.15, -0.1) is 0 Å². The highest BCUT2D eigenvalue weighted by atomic mass is 31.2. The van der Waals surface area contributed by atoms with E-state index in [4.69, 9.17) is 41.4 Å². The zero-order valence-electron chi connectivity index (χ0n) is 35.0. The minimum absolute atomic E-state index is 0.0556. The molecule has 6 atom stereocenters. The van der Waals surface area contributed by atoms with Crippen LogP contribution in [0.1, 0.15) is 33.4 Å². The van der Waals surface area contributed by atoms with Crippen molar-refractivity contribution in [3.63, 3.8) is 0 Å². The smallest absolute Gasteiger partial charge is 0.387 e. The predicted octanol–water partition coefficient (Wildman–Crippen LogP) is 9.72. The molecule has 0 radical (unpaired) electrons. The minimum atomic E-state index is -4.69. The molecule has 13 nitrogen and oxygen atoms in total. The van der Waals surface area contributed by atoms with Crippen LogP contribution in [0.15, 0.2) is 182 Å². The van der Waals surface area contributed by atoms with Gasteiger partial charge in [-0.05, 0) is 33.4 Å². The number of aliphatic hydroxyl groups excluding tert-OH is 2. The molecular formula is C49H52O13P2. The summed E-state index contributed by atoms with van der Waals surface area (Å²) < 4.78 is 84.7. The van der Waals surface area contributed by atoms with Crippen LogP contribution in [0, 0.1) is 0 Å². The van der Waals surface area contributed by atoms with Gasteiger partial charge >= 0.3 is 15.6 Å². The van der Waals surface area contributed by atoms with Crippen molar-refractivity contribution in [1.82, 2.24) is 0 Å². The van der Waals surface area contributed by atoms with Gasteiger partial charge in [-0.3, -0.25) is 27.1 Å². The third-order valence-electron chi connectivity index (χ3n) is 10.2. The largest absolute Gasteiger partial charge is 0.475 e. The summed E-state index contributed by atoms with van der Waals surface area (Å²) in [6.07, 6.45) is -10.1. The van der Waals surface area contributed by atoms with Crippen molar-refractivity contribution in [2.24, 2.45) is 0 Å². The van der Waals surface area contributed by atoms with Crippen LogP contribution in [0.5, 0.6) is 0 Å². The Morgan fingerprint density at radius 1 is 0.344 bits per heavy atom. The van der Waals surface area contributed by atoms with Gasteiger partial charge in [0.15, 0.2) is 0 Å². The average Bonchev–Trinajstić information content (AvgIpc) is 3.35. The van der Waals surface area contributed by atoms with Crippen LogP contribution in [0.4, 0.5) is 0 Å². The Morgan fingerprint density at radius 3 is 1.00 bits per heavy atom. The van der Waals surface area contributed by atoms with E-state index in [9.17, 15) is 14.8 Å². The van der Waals surface area contributed by atoms with E-state index in [-0.39, 0.29) is 46.4 Å². The summed E-state index contributed by atoms with van der Waals surface area (Å²) in [4.78, 5) is 0. The van der Waals surface area contributed by atoms with Crippen molar-refractivity contribution in [2.75, 3.05) is 6.79 Å². The van der Waals surface area contributed by atoms with Crippen LogP contribution in [0.3, 0.4) is 0 Å². The number of rotatable bonds is 24. The molecule has 1 saturated carbocycles. The second-order valence-corrected chi connectivity index (χ2v) is 18.1. The molecule has 0 amide bonds. The highest BCUT2D eigenvalue weighted by molar-refractivity contribution is 7.48. The van der Waals surface area contributed by atoms with Gasteiger partial charge in [0, 0.05) is 0 Å². The molecule has 0 bridgehead atoms. The van der Waals surface area contributed by atoms with Crippen LogP contribution in [0.25, 0.3) is 0 Å². The van der Waals surface area contributed by atoms with E-state index in [2.05, 4.69) is 0 Å². The predicted molar refractivity (Wildman–Crippen MR) is 238 cm³/mol. The fraction of sp³-hybridized carbons (Fsp3) is 0.265. The first-order valence-corrected chi connectivity index (χ1v) is 23.7. The molecule has 1 aliphatic rings. The molecule has 0 heterocycles. The van der Waals surface area contributed by atoms with E-state index in [0.717, 1.165) is 11.1 Å². The molecule has 1 aliphatic carbocycles. The number of phosphoric ester groups is 2. The number of hydrogen-bond acceptors (Lipinski definition) is 13. The Labute approximate surface area is 373 Å². The number of phosphoric acid groups is 2. The molecule has 1 fully saturated rings. The summed E-state index contributed by atoms with van der Waals surface area (Å²) in [5, 5.41) is 24.7. The molecule has 6 aromatic rings. The topological polar surface area (TPSA) is 158 Å². The Balaban J connectivity index is 1.23. The van der Waals surface area contributed by atoms with Gasteiger partial charge in [0.1, 0.15) is 43.4 Å². The van der Waals surface area contributed by atoms with Gasteiger partial charge in [-0.1, -0.05) is 182 Å². The SMILES string of the molecule is O=P(OCc1ccccc1)(OCc1ccccc1)O[C@@H]1[C@@H](O)[C@H](OCOCc2ccccc2)[C@H](OCc2ccccc2)[C@H](OP(=O)(OCc2ccccc2)OCc2ccccc2)[C@H]1O. The monoisotopic (exact) mass is 910 g/mol. The maximum Gasteiger partial charge on any atom is 0.475 e. The van der Waals surface area contributed by atoms with E-state index < -0.39 is 52.3 Å². The molecule has 2 N–H and O–H groups in total. The first kappa shape index (κ1) is 47.3. The summed E-state index contributed by atoms with van der Waals surface area (Å²) in [7, 11) is -9.38. The fourth-order valence-electron chi connectivity index (χ4n) is 6.81. The molecule has 0 aromatic heterocycles. The number of benzene rings is 6. The standard InChI is InChI=1S/C49H52O13P2/c50-44-46(61-63(52,57-33-40-23-11-3-12-24-40)58-34-41-25-13-4-14-26-41)45(51)48(62-64(53,59-35-42-27-15-5-16-28-42)60-36-43-29-17-6-18-30-43)49(55-32-39-21-9-2-10-22-39)47(44)56-37-54-31-38-19-7-1-8-20-38/h1-30,44-51H,31-37H2/t44-,45+,46-,47+,48-,49+/m1/s1. The van der Waals surface area contributed by atoms with Crippen LogP contribution < -0.4 is 0 Å². The first-order chi connectivity index (χ1) is 31.3. The Morgan fingerprint density at radius 2 is 0.641 bits per heavy atom. The Kier molecular flexibility index (Phi) is 17.8. The van der Waals surface area contributed by atoms with Crippen LogP contribution in [-0.4, -0.2) is 53.6 Å². The van der Waals surface area contributed by atoms with Crippen molar-refractivity contribution in [3.05, 3.63) is 215 Å². The van der Waals surface area contributed by atoms with Crippen molar-refractivity contribution >= 4 is 15.6 Å². The quantitative estimate of drug-likeness (QED) is 0.0336. The summed E-state index contributed by atoms with van der Waals surface area (Å²) in [6, 6.07) is 54.5. The molecule has 15 heteroatoms. The normalized spacial score (nSPS) is 20.2. The summed E-state index contributed by atoms with van der Waals surface area (Å²) in [5.74, 6) is 0. The molecule has 7 rings (SSSR count). The summed E-state index contributed by atoms with van der Waals surface area (Å²) >= 11 is 0. The number of aliphatic hydroxyl groups is 2. The maximum atomic E-state index is 15.0. The van der Waals surface area contributed by atoms with Crippen molar-refractivity contribution < 1.29 is 60.7 Å².